The molecule has 1 aromatic rings. The van der Waals surface area contributed by atoms with E-state index in [2.05, 4.69) is 45.0 Å². The second-order valence-electron chi connectivity index (χ2n) is 3.87. The van der Waals surface area contributed by atoms with E-state index in [0.29, 0.717) is 12.1 Å². The summed E-state index contributed by atoms with van der Waals surface area (Å²) in [6.07, 6.45) is 1.57. The van der Waals surface area contributed by atoms with E-state index >= 15 is 0 Å². The van der Waals surface area contributed by atoms with Crippen molar-refractivity contribution in [2.24, 2.45) is 0 Å². The Bertz CT molecular complexity index is 407. The maximum Gasteiger partial charge on any atom is 0.255 e. The third-order valence-corrected chi connectivity index (χ3v) is 3.17. The van der Waals surface area contributed by atoms with E-state index in [0.717, 1.165) is 24.1 Å². The summed E-state index contributed by atoms with van der Waals surface area (Å²) in [6, 6.07) is 1.68. The minimum Gasteiger partial charge on any atom is -0.383 e. The first kappa shape index (κ1) is 14.9. The van der Waals surface area contributed by atoms with Gasteiger partial charge >= 0.3 is 0 Å². The molecule has 0 fully saturated rings. The number of likely N-dealkylation sites (N-methyl/N-ethyl adjacent to an activating group) is 1. The molecule has 3 N–H and O–H groups in total. The largest absolute Gasteiger partial charge is 0.383 e. The number of nitrogens with two attached hydrogens (primary N) is 1. The number of carbonyl (C=O) groups excluding carboxylic acids is 1. The van der Waals surface area contributed by atoms with Crippen molar-refractivity contribution in [2.75, 3.05) is 31.9 Å². The number of hydrogen-bond donors (Lipinski definition) is 2. The fourth-order valence-electron chi connectivity index (χ4n) is 1.59. The Hall–Kier alpha value is -1.14. The van der Waals surface area contributed by atoms with Gasteiger partial charge in [-0.15, -0.1) is 0 Å². The molecule has 18 heavy (non-hydrogen) atoms. The second-order valence-corrected chi connectivity index (χ2v) is 4.78. The van der Waals surface area contributed by atoms with Gasteiger partial charge in [0.2, 0.25) is 0 Å². The van der Waals surface area contributed by atoms with Gasteiger partial charge in [0.05, 0.1) is 5.56 Å². The van der Waals surface area contributed by atoms with Crippen LogP contribution in [0.3, 0.4) is 0 Å². The predicted molar refractivity (Wildman–Crippen MR) is 76.5 cm³/mol. The molecule has 0 aliphatic carbocycles. The molecule has 0 spiro atoms. The van der Waals surface area contributed by atoms with Crippen LogP contribution in [-0.2, 0) is 0 Å². The molecule has 0 bridgehead atoms. The van der Waals surface area contributed by atoms with Crippen molar-refractivity contribution in [1.29, 1.82) is 0 Å². The van der Waals surface area contributed by atoms with Gasteiger partial charge in [-0.3, -0.25) is 4.79 Å². The van der Waals surface area contributed by atoms with Crippen molar-refractivity contribution in [3.8, 4) is 0 Å². The number of amides is 1. The highest BCUT2D eigenvalue weighted by molar-refractivity contribution is 9.10. The molecule has 0 aliphatic heterocycles. The molecule has 0 atom stereocenters. The number of anilines is 1. The highest BCUT2D eigenvalue weighted by atomic mass is 79.9. The number of nitrogen functional groups attached to an aromatic ring is 1. The molecular formula is C12H19BrN4O. The molecule has 0 unspecified atom stereocenters. The van der Waals surface area contributed by atoms with E-state index in [-0.39, 0.29) is 11.7 Å². The van der Waals surface area contributed by atoms with Crippen molar-refractivity contribution in [1.82, 2.24) is 15.2 Å². The van der Waals surface area contributed by atoms with Gasteiger partial charge in [-0.1, -0.05) is 13.8 Å². The summed E-state index contributed by atoms with van der Waals surface area (Å²) in [5, 5.41) is 2.84. The summed E-state index contributed by atoms with van der Waals surface area (Å²) in [5.41, 5.74) is 6.08. The van der Waals surface area contributed by atoms with Gasteiger partial charge in [0, 0.05) is 23.8 Å². The molecule has 1 amide bonds. The summed E-state index contributed by atoms with van der Waals surface area (Å²) in [5.74, 6) is 0.0620. The summed E-state index contributed by atoms with van der Waals surface area (Å²) in [7, 11) is 0. The van der Waals surface area contributed by atoms with Crippen molar-refractivity contribution in [3.63, 3.8) is 0 Å². The Morgan fingerprint density at radius 2 is 2.17 bits per heavy atom. The Balaban J connectivity index is 2.53. The van der Waals surface area contributed by atoms with Gasteiger partial charge in [-0.05, 0) is 35.1 Å². The first-order valence-electron chi connectivity index (χ1n) is 6.00. The van der Waals surface area contributed by atoms with Crippen LogP contribution in [0.15, 0.2) is 16.7 Å². The van der Waals surface area contributed by atoms with Crippen LogP contribution in [0.4, 0.5) is 5.82 Å². The normalized spacial score (nSPS) is 10.7. The lowest BCUT2D eigenvalue weighted by molar-refractivity contribution is 0.0949. The van der Waals surface area contributed by atoms with Gasteiger partial charge in [-0.25, -0.2) is 4.98 Å². The molecule has 0 aromatic carbocycles. The topological polar surface area (TPSA) is 71.2 Å². The Morgan fingerprint density at radius 3 is 2.78 bits per heavy atom. The standard InChI is InChI=1S/C12H19BrN4O/c1-3-17(4-2)6-5-15-12(18)10-7-9(13)8-16-11(10)14/h7-8H,3-6H2,1-2H3,(H2,14,16)(H,15,18). The van der Waals surface area contributed by atoms with Gasteiger partial charge in [0.25, 0.3) is 5.91 Å². The minimum atomic E-state index is -0.187. The van der Waals surface area contributed by atoms with Gasteiger partial charge in [0.15, 0.2) is 0 Å². The number of pyridine rings is 1. The van der Waals surface area contributed by atoms with Crippen molar-refractivity contribution >= 4 is 27.7 Å². The van der Waals surface area contributed by atoms with Gasteiger partial charge in [-0.2, -0.15) is 0 Å². The average Bonchev–Trinajstić information content (AvgIpc) is 2.37. The maximum absolute atomic E-state index is 11.9. The molecule has 1 rings (SSSR count). The zero-order chi connectivity index (χ0) is 13.5. The van der Waals surface area contributed by atoms with E-state index < -0.39 is 0 Å². The number of aromatic nitrogens is 1. The van der Waals surface area contributed by atoms with Crippen LogP contribution >= 0.6 is 15.9 Å². The van der Waals surface area contributed by atoms with Crippen LogP contribution in [0.2, 0.25) is 0 Å². The number of halogens is 1. The second kappa shape index (κ2) is 7.33. The van der Waals surface area contributed by atoms with Gasteiger partial charge in [0.1, 0.15) is 5.82 Å². The Kier molecular flexibility index (Phi) is 6.07. The fraction of sp³-hybridized carbons (Fsp3) is 0.500. The molecule has 1 heterocycles. The van der Waals surface area contributed by atoms with Crippen LogP contribution < -0.4 is 11.1 Å². The summed E-state index contributed by atoms with van der Waals surface area (Å²) in [4.78, 5) is 18.1. The summed E-state index contributed by atoms with van der Waals surface area (Å²) < 4.78 is 0.741. The lowest BCUT2D eigenvalue weighted by Gasteiger charge is -2.18. The van der Waals surface area contributed by atoms with E-state index in [1.165, 1.54) is 0 Å². The summed E-state index contributed by atoms with van der Waals surface area (Å²) in [6.45, 7) is 7.59. The van der Waals surface area contributed by atoms with Crippen LogP contribution in [0.25, 0.3) is 0 Å². The molecule has 0 saturated carbocycles. The van der Waals surface area contributed by atoms with Crippen LogP contribution in [-0.4, -0.2) is 42.0 Å². The SMILES string of the molecule is CCN(CC)CCNC(=O)c1cc(Br)cnc1N. The number of nitrogens with one attached hydrogen (secondary N) is 1. The monoisotopic (exact) mass is 314 g/mol. The number of hydrogen-bond acceptors (Lipinski definition) is 4. The van der Waals surface area contributed by atoms with E-state index in [9.17, 15) is 4.79 Å². The maximum atomic E-state index is 11.9. The molecule has 5 nitrogen and oxygen atoms in total. The predicted octanol–water partition coefficient (Wildman–Crippen LogP) is 1.50. The van der Waals surface area contributed by atoms with Gasteiger partial charge < -0.3 is 16.0 Å². The fourth-order valence-corrected chi connectivity index (χ4v) is 1.93. The molecule has 1 aromatic heterocycles. The first-order valence-corrected chi connectivity index (χ1v) is 6.79. The van der Waals surface area contributed by atoms with Crippen LogP contribution in [0.1, 0.15) is 24.2 Å². The minimum absolute atomic E-state index is 0.187. The van der Waals surface area contributed by atoms with E-state index in [4.69, 9.17) is 5.73 Å². The van der Waals surface area contributed by atoms with Crippen molar-refractivity contribution < 1.29 is 4.79 Å². The van der Waals surface area contributed by atoms with Crippen LogP contribution in [0, 0.1) is 0 Å². The Morgan fingerprint density at radius 1 is 1.50 bits per heavy atom. The molecule has 6 heteroatoms. The number of rotatable bonds is 6. The third kappa shape index (κ3) is 4.27. The average molecular weight is 315 g/mol. The molecular weight excluding hydrogens is 296 g/mol. The Labute approximate surface area is 116 Å². The van der Waals surface area contributed by atoms with Crippen LogP contribution in [0.5, 0.6) is 0 Å². The zero-order valence-electron chi connectivity index (χ0n) is 10.7. The van der Waals surface area contributed by atoms with E-state index in [1.54, 1.807) is 12.3 Å². The number of carbonyl (C=O) groups is 1. The highest BCUT2D eigenvalue weighted by Gasteiger charge is 2.11. The molecule has 100 valence electrons. The molecule has 0 saturated heterocycles. The lowest BCUT2D eigenvalue weighted by Crippen LogP contribution is -2.35. The smallest absolute Gasteiger partial charge is 0.255 e. The van der Waals surface area contributed by atoms with Crippen molar-refractivity contribution in [3.05, 3.63) is 22.3 Å². The third-order valence-electron chi connectivity index (χ3n) is 2.74. The highest BCUT2D eigenvalue weighted by Crippen LogP contribution is 2.15. The molecule has 0 aliphatic rings. The lowest BCUT2D eigenvalue weighted by atomic mass is 10.2. The quantitative estimate of drug-likeness (QED) is 0.834. The first-order chi connectivity index (χ1) is 8.58. The zero-order valence-corrected chi connectivity index (χ0v) is 12.3. The number of nitrogens with zero attached hydrogens (tertiary/aromatic N) is 2. The van der Waals surface area contributed by atoms with E-state index in [1.807, 2.05) is 0 Å². The molecule has 0 radical (unpaired) electrons. The summed E-state index contributed by atoms with van der Waals surface area (Å²) >= 11 is 3.27. The van der Waals surface area contributed by atoms with Crippen molar-refractivity contribution in [2.45, 2.75) is 13.8 Å².